The molecule has 2 nitrogen and oxygen atoms in total. The number of hydrogen-bond donors (Lipinski definition) is 0. The normalized spacial score (nSPS) is 21.9. The number of ether oxygens (including phenoxy) is 1. The van der Waals surface area contributed by atoms with Gasteiger partial charge < -0.3 is 4.74 Å². The Kier molecular flexibility index (Phi) is 3.42. The molecule has 0 N–H and O–H groups in total. The fourth-order valence-electron chi connectivity index (χ4n) is 2.83. The van der Waals surface area contributed by atoms with Crippen molar-refractivity contribution < 1.29 is 13.9 Å². The first-order chi connectivity index (χ1) is 8.45. The van der Waals surface area contributed by atoms with Crippen LogP contribution in [0.1, 0.15) is 43.5 Å². The lowest BCUT2D eigenvalue weighted by molar-refractivity contribution is 0.0838. The van der Waals surface area contributed by atoms with Gasteiger partial charge in [-0.2, -0.15) is 0 Å². The van der Waals surface area contributed by atoms with Gasteiger partial charge in [0.1, 0.15) is 0 Å². The molecule has 0 aromatic heterocycles. The van der Waals surface area contributed by atoms with Crippen molar-refractivity contribution in [2.24, 2.45) is 11.3 Å². The van der Waals surface area contributed by atoms with E-state index in [1.165, 1.54) is 19.2 Å². The summed E-state index contributed by atoms with van der Waals surface area (Å²) in [4.78, 5) is 12.4. The largest absolute Gasteiger partial charge is 0.494 e. The topological polar surface area (TPSA) is 26.3 Å². The van der Waals surface area contributed by atoms with E-state index in [9.17, 15) is 9.18 Å². The van der Waals surface area contributed by atoms with Crippen LogP contribution in [0.4, 0.5) is 4.39 Å². The molecule has 0 aliphatic heterocycles. The molecule has 0 bridgehead atoms. The average Bonchev–Trinajstić information content (AvgIpc) is 2.68. The minimum atomic E-state index is -0.473. The van der Waals surface area contributed by atoms with Gasteiger partial charge in [0, 0.05) is 11.5 Å². The minimum Gasteiger partial charge on any atom is -0.494 e. The fourth-order valence-corrected chi connectivity index (χ4v) is 2.83. The van der Waals surface area contributed by atoms with Gasteiger partial charge in [-0.1, -0.05) is 20.3 Å². The summed E-state index contributed by atoms with van der Waals surface area (Å²) < 4.78 is 18.5. The minimum absolute atomic E-state index is 0.00490. The highest BCUT2D eigenvalue weighted by Crippen LogP contribution is 2.44. The van der Waals surface area contributed by atoms with E-state index in [-0.39, 0.29) is 22.9 Å². The summed E-state index contributed by atoms with van der Waals surface area (Å²) in [5.41, 5.74) is 0.473. The summed E-state index contributed by atoms with van der Waals surface area (Å²) in [5.74, 6) is -0.235. The van der Waals surface area contributed by atoms with Crippen molar-refractivity contribution in [1.29, 1.82) is 0 Å². The third-order valence-corrected chi connectivity index (χ3v) is 4.01. The maximum absolute atomic E-state index is 13.6. The van der Waals surface area contributed by atoms with Gasteiger partial charge in [-0.15, -0.1) is 0 Å². The molecule has 0 amide bonds. The number of hydrogen-bond acceptors (Lipinski definition) is 2. The standard InChI is InChI=1S/C15H19FO2/c1-15(2)8-4-5-11(15)14(17)10-6-7-13(18-3)12(16)9-10/h6-7,9,11H,4-5,8H2,1-3H3. The zero-order valence-electron chi connectivity index (χ0n) is 11.1. The third kappa shape index (κ3) is 2.26. The first-order valence-corrected chi connectivity index (χ1v) is 6.33. The number of ketones is 1. The molecule has 1 aliphatic rings. The molecule has 1 unspecified atom stereocenters. The van der Waals surface area contributed by atoms with Crippen molar-refractivity contribution >= 4 is 5.78 Å². The van der Waals surface area contributed by atoms with Crippen LogP contribution < -0.4 is 4.74 Å². The second-order valence-corrected chi connectivity index (χ2v) is 5.65. The first kappa shape index (κ1) is 13.1. The van der Waals surface area contributed by atoms with Crippen molar-refractivity contribution in [3.63, 3.8) is 0 Å². The fraction of sp³-hybridized carbons (Fsp3) is 0.533. The Morgan fingerprint density at radius 2 is 2.17 bits per heavy atom. The van der Waals surface area contributed by atoms with Gasteiger partial charge in [0.15, 0.2) is 17.3 Å². The van der Waals surface area contributed by atoms with Gasteiger partial charge >= 0.3 is 0 Å². The number of halogens is 1. The van der Waals surface area contributed by atoms with Crippen LogP contribution in [-0.4, -0.2) is 12.9 Å². The first-order valence-electron chi connectivity index (χ1n) is 6.33. The molecule has 3 heteroatoms. The Morgan fingerprint density at radius 1 is 1.44 bits per heavy atom. The molecule has 1 saturated carbocycles. The summed E-state index contributed by atoms with van der Waals surface area (Å²) in [6, 6.07) is 4.46. The zero-order chi connectivity index (χ0) is 13.3. The van der Waals surface area contributed by atoms with Crippen LogP contribution in [0.5, 0.6) is 5.75 Å². The molecular formula is C15H19FO2. The lowest BCUT2D eigenvalue weighted by Crippen LogP contribution is -2.25. The number of carbonyl (C=O) groups excluding carboxylic acids is 1. The quantitative estimate of drug-likeness (QED) is 0.762. The van der Waals surface area contributed by atoms with E-state index < -0.39 is 5.82 Å². The molecular weight excluding hydrogens is 231 g/mol. The second-order valence-electron chi connectivity index (χ2n) is 5.65. The van der Waals surface area contributed by atoms with Crippen LogP contribution in [0.3, 0.4) is 0 Å². The lowest BCUT2D eigenvalue weighted by Gasteiger charge is -2.25. The predicted molar refractivity (Wildman–Crippen MR) is 68.4 cm³/mol. The number of benzene rings is 1. The number of rotatable bonds is 3. The molecule has 1 fully saturated rings. The lowest BCUT2D eigenvalue weighted by atomic mass is 9.78. The maximum Gasteiger partial charge on any atom is 0.166 e. The highest BCUT2D eigenvalue weighted by Gasteiger charge is 2.39. The van der Waals surface area contributed by atoms with E-state index in [0.29, 0.717) is 5.56 Å². The maximum atomic E-state index is 13.6. The van der Waals surface area contributed by atoms with Crippen LogP contribution >= 0.6 is 0 Å². The van der Waals surface area contributed by atoms with Gasteiger partial charge in [-0.25, -0.2) is 4.39 Å². The van der Waals surface area contributed by atoms with Crippen molar-refractivity contribution in [2.45, 2.75) is 33.1 Å². The molecule has 1 atom stereocenters. The van der Waals surface area contributed by atoms with Crippen LogP contribution in [0.15, 0.2) is 18.2 Å². The van der Waals surface area contributed by atoms with Gasteiger partial charge in [0.05, 0.1) is 7.11 Å². The van der Waals surface area contributed by atoms with E-state index in [1.54, 1.807) is 6.07 Å². The second kappa shape index (κ2) is 4.71. The summed E-state index contributed by atoms with van der Waals surface area (Å²) in [6.07, 6.45) is 3.03. The molecule has 0 heterocycles. The number of Topliss-reactive ketones (excluding diaryl/α,β-unsaturated/α-hetero) is 1. The molecule has 1 aromatic carbocycles. The zero-order valence-corrected chi connectivity index (χ0v) is 11.1. The molecule has 2 rings (SSSR count). The van der Waals surface area contributed by atoms with E-state index in [4.69, 9.17) is 4.74 Å². The average molecular weight is 250 g/mol. The van der Waals surface area contributed by atoms with E-state index in [1.807, 2.05) is 0 Å². The Hall–Kier alpha value is -1.38. The molecule has 0 spiro atoms. The summed E-state index contributed by atoms with van der Waals surface area (Å²) in [7, 11) is 1.42. The predicted octanol–water partition coefficient (Wildman–Crippen LogP) is 3.84. The summed E-state index contributed by atoms with van der Waals surface area (Å²) in [5, 5.41) is 0. The van der Waals surface area contributed by atoms with Crippen LogP contribution in [0.2, 0.25) is 0 Å². The Bertz CT molecular complexity index is 466. The smallest absolute Gasteiger partial charge is 0.166 e. The highest BCUT2D eigenvalue weighted by molar-refractivity contribution is 5.98. The number of methoxy groups -OCH3 is 1. The van der Waals surface area contributed by atoms with Gasteiger partial charge in [-0.05, 0) is 36.5 Å². The van der Waals surface area contributed by atoms with Crippen molar-refractivity contribution in [3.8, 4) is 5.75 Å². The Morgan fingerprint density at radius 3 is 2.67 bits per heavy atom. The summed E-state index contributed by atoms with van der Waals surface area (Å²) >= 11 is 0. The SMILES string of the molecule is COc1ccc(C(=O)C2CCCC2(C)C)cc1F. The van der Waals surface area contributed by atoms with Crippen LogP contribution in [-0.2, 0) is 0 Å². The highest BCUT2D eigenvalue weighted by atomic mass is 19.1. The van der Waals surface area contributed by atoms with Crippen LogP contribution in [0, 0.1) is 17.2 Å². The third-order valence-electron chi connectivity index (χ3n) is 4.01. The van der Waals surface area contributed by atoms with Gasteiger partial charge in [-0.3, -0.25) is 4.79 Å². The molecule has 1 aromatic rings. The van der Waals surface area contributed by atoms with Crippen molar-refractivity contribution in [2.75, 3.05) is 7.11 Å². The summed E-state index contributed by atoms with van der Waals surface area (Å²) in [6.45, 7) is 4.23. The van der Waals surface area contributed by atoms with Crippen molar-refractivity contribution in [1.82, 2.24) is 0 Å². The molecule has 0 saturated heterocycles. The van der Waals surface area contributed by atoms with Gasteiger partial charge in [0.2, 0.25) is 0 Å². The Balaban J connectivity index is 2.27. The van der Waals surface area contributed by atoms with E-state index >= 15 is 0 Å². The van der Waals surface area contributed by atoms with E-state index in [0.717, 1.165) is 19.3 Å². The number of carbonyl (C=O) groups is 1. The monoisotopic (exact) mass is 250 g/mol. The van der Waals surface area contributed by atoms with Gasteiger partial charge in [0.25, 0.3) is 0 Å². The van der Waals surface area contributed by atoms with Crippen molar-refractivity contribution in [3.05, 3.63) is 29.6 Å². The molecule has 0 radical (unpaired) electrons. The molecule has 18 heavy (non-hydrogen) atoms. The molecule has 1 aliphatic carbocycles. The molecule has 98 valence electrons. The van der Waals surface area contributed by atoms with Crippen LogP contribution in [0.25, 0.3) is 0 Å². The van der Waals surface area contributed by atoms with E-state index in [2.05, 4.69) is 13.8 Å². The Labute approximate surface area is 107 Å².